The third-order valence-corrected chi connectivity index (χ3v) is 4.62. The zero-order chi connectivity index (χ0) is 19.1. The number of hydrogen-bond donors (Lipinski definition) is 2. The van der Waals surface area contributed by atoms with Crippen LogP contribution in [0, 0.1) is 0 Å². The van der Waals surface area contributed by atoms with E-state index in [1.165, 1.54) is 0 Å². The number of anilines is 1. The predicted molar refractivity (Wildman–Crippen MR) is 105 cm³/mol. The highest BCUT2D eigenvalue weighted by Crippen LogP contribution is 2.15. The number of carbonyl (C=O) groups excluding carboxylic acids is 2. The summed E-state index contributed by atoms with van der Waals surface area (Å²) in [4.78, 5) is 26.4. The van der Waals surface area contributed by atoms with Crippen LogP contribution in [0.1, 0.15) is 15.9 Å². The van der Waals surface area contributed by atoms with Crippen molar-refractivity contribution in [3.05, 3.63) is 64.7 Å². The van der Waals surface area contributed by atoms with Crippen LogP contribution >= 0.6 is 11.6 Å². The number of amides is 2. The lowest BCUT2D eigenvalue weighted by Gasteiger charge is -2.27. The van der Waals surface area contributed by atoms with Crippen LogP contribution in [0.3, 0.4) is 0 Å². The standard InChI is InChI=1S/C20H22ClN3O3/c21-18-7-2-1-4-16(18)13-22-14-19(25)23-17-6-3-5-15(12-17)20(26)24-8-10-27-11-9-24/h1-7,12,22H,8-11,13-14H2,(H,23,25). The Morgan fingerprint density at radius 3 is 2.63 bits per heavy atom. The average molecular weight is 388 g/mol. The number of ether oxygens (including phenoxy) is 1. The first kappa shape index (κ1) is 19.4. The summed E-state index contributed by atoms with van der Waals surface area (Å²) in [6, 6.07) is 14.5. The minimum absolute atomic E-state index is 0.0498. The van der Waals surface area contributed by atoms with E-state index in [0.717, 1.165) is 5.56 Å². The minimum atomic E-state index is -0.182. The third-order valence-electron chi connectivity index (χ3n) is 4.25. The van der Waals surface area contributed by atoms with Crippen molar-refractivity contribution in [2.24, 2.45) is 0 Å². The molecule has 3 rings (SSSR count). The third kappa shape index (κ3) is 5.53. The molecule has 2 aromatic rings. The van der Waals surface area contributed by atoms with Crippen molar-refractivity contribution >= 4 is 29.1 Å². The molecule has 27 heavy (non-hydrogen) atoms. The molecule has 0 aromatic heterocycles. The summed E-state index contributed by atoms with van der Waals surface area (Å²) in [5.74, 6) is -0.232. The lowest BCUT2D eigenvalue weighted by Crippen LogP contribution is -2.40. The minimum Gasteiger partial charge on any atom is -0.378 e. The van der Waals surface area contributed by atoms with Crippen molar-refractivity contribution in [3.63, 3.8) is 0 Å². The summed E-state index contributed by atoms with van der Waals surface area (Å²) in [5.41, 5.74) is 2.09. The smallest absolute Gasteiger partial charge is 0.254 e. The van der Waals surface area contributed by atoms with Crippen LogP contribution in [-0.2, 0) is 16.1 Å². The summed E-state index contributed by atoms with van der Waals surface area (Å²) >= 11 is 6.10. The molecular formula is C20H22ClN3O3. The Kier molecular flexibility index (Phi) is 6.81. The molecule has 2 aromatic carbocycles. The fraction of sp³-hybridized carbons (Fsp3) is 0.300. The Balaban J connectivity index is 1.52. The number of nitrogens with one attached hydrogen (secondary N) is 2. The van der Waals surface area contributed by atoms with Gasteiger partial charge in [-0.25, -0.2) is 0 Å². The molecule has 1 fully saturated rings. The van der Waals surface area contributed by atoms with E-state index in [-0.39, 0.29) is 18.4 Å². The molecule has 0 radical (unpaired) electrons. The molecule has 0 atom stereocenters. The normalized spacial score (nSPS) is 14.0. The second-order valence-electron chi connectivity index (χ2n) is 6.23. The molecule has 6 nitrogen and oxygen atoms in total. The molecule has 0 saturated carbocycles. The number of nitrogens with zero attached hydrogens (tertiary/aromatic N) is 1. The zero-order valence-electron chi connectivity index (χ0n) is 14.9. The number of morpholine rings is 1. The molecule has 0 aliphatic carbocycles. The van der Waals surface area contributed by atoms with E-state index in [4.69, 9.17) is 16.3 Å². The fourth-order valence-electron chi connectivity index (χ4n) is 2.84. The average Bonchev–Trinajstić information content (AvgIpc) is 2.70. The first-order valence-electron chi connectivity index (χ1n) is 8.84. The van der Waals surface area contributed by atoms with Crippen molar-refractivity contribution in [2.45, 2.75) is 6.54 Å². The molecule has 2 N–H and O–H groups in total. The van der Waals surface area contributed by atoms with Gasteiger partial charge in [0, 0.05) is 35.9 Å². The van der Waals surface area contributed by atoms with E-state index in [2.05, 4.69) is 10.6 Å². The predicted octanol–water partition coefficient (Wildman–Crippen LogP) is 2.54. The van der Waals surface area contributed by atoms with Crippen LogP contribution in [-0.4, -0.2) is 49.6 Å². The van der Waals surface area contributed by atoms with Crippen LogP contribution in [0.4, 0.5) is 5.69 Å². The Hall–Kier alpha value is -2.41. The monoisotopic (exact) mass is 387 g/mol. The summed E-state index contributed by atoms with van der Waals surface area (Å²) in [6.45, 7) is 2.93. The molecule has 1 heterocycles. The highest BCUT2D eigenvalue weighted by atomic mass is 35.5. The van der Waals surface area contributed by atoms with Crippen molar-refractivity contribution in [3.8, 4) is 0 Å². The number of benzene rings is 2. The largest absolute Gasteiger partial charge is 0.378 e. The quantitative estimate of drug-likeness (QED) is 0.799. The molecule has 1 aliphatic rings. The Labute approximate surface area is 163 Å². The number of carbonyl (C=O) groups is 2. The van der Waals surface area contributed by atoms with Crippen molar-refractivity contribution < 1.29 is 14.3 Å². The SMILES string of the molecule is O=C(CNCc1ccccc1Cl)Nc1cccc(C(=O)N2CCOCC2)c1. The molecule has 2 amide bonds. The molecule has 142 valence electrons. The van der Waals surface area contributed by atoms with Gasteiger partial charge in [-0.3, -0.25) is 9.59 Å². The van der Waals surface area contributed by atoms with Crippen LogP contribution in [0.2, 0.25) is 5.02 Å². The number of rotatable bonds is 6. The van der Waals surface area contributed by atoms with Gasteiger partial charge in [-0.1, -0.05) is 35.9 Å². The van der Waals surface area contributed by atoms with Gasteiger partial charge in [0.1, 0.15) is 0 Å². The maximum Gasteiger partial charge on any atom is 0.254 e. The number of halogens is 1. The van der Waals surface area contributed by atoms with Gasteiger partial charge in [-0.15, -0.1) is 0 Å². The first-order chi connectivity index (χ1) is 13.1. The molecule has 0 bridgehead atoms. The second kappa shape index (κ2) is 9.50. The van der Waals surface area contributed by atoms with Crippen molar-refractivity contribution in [2.75, 3.05) is 38.2 Å². The van der Waals surface area contributed by atoms with Crippen molar-refractivity contribution in [1.82, 2.24) is 10.2 Å². The molecule has 1 aliphatic heterocycles. The zero-order valence-corrected chi connectivity index (χ0v) is 15.7. The van der Waals surface area contributed by atoms with Gasteiger partial charge < -0.3 is 20.3 Å². The summed E-state index contributed by atoms with van der Waals surface area (Å²) in [7, 11) is 0. The van der Waals surface area contributed by atoms with Crippen LogP contribution in [0.15, 0.2) is 48.5 Å². The van der Waals surface area contributed by atoms with Crippen LogP contribution in [0.25, 0.3) is 0 Å². The Morgan fingerprint density at radius 1 is 1.07 bits per heavy atom. The summed E-state index contributed by atoms with van der Waals surface area (Å²) in [5, 5.41) is 6.54. The van der Waals surface area contributed by atoms with E-state index in [1.807, 2.05) is 24.3 Å². The van der Waals surface area contributed by atoms with Gasteiger partial charge in [0.25, 0.3) is 5.91 Å². The van der Waals surface area contributed by atoms with Gasteiger partial charge in [-0.2, -0.15) is 0 Å². The summed E-state index contributed by atoms with van der Waals surface area (Å²) < 4.78 is 5.27. The van der Waals surface area contributed by atoms with E-state index in [1.54, 1.807) is 29.2 Å². The Morgan fingerprint density at radius 2 is 1.85 bits per heavy atom. The first-order valence-corrected chi connectivity index (χ1v) is 9.22. The highest BCUT2D eigenvalue weighted by Gasteiger charge is 2.18. The molecule has 0 unspecified atom stereocenters. The van der Waals surface area contributed by atoms with Crippen LogP contribution in [0.5, 0.6) is 0 Å². The van der Waals surface area contributed by atoms with E-state index >= 15 is 0 Å². The van der Waals surface area contributed by atoms with Gasteiger partial charge >= 0.3 is 0 Å². The highest BCUT2D eigenvalue weighted by molar-refractivity contribution is 6.31. The van der Waals surface area contributed by atoms with E-state index in [0.29, 0.717) is 49.1 Å². The van der Waals surface area contributed by atoms with E-state index < -0.39 is 0 Å². The molecule has 0 spiro atoms. The van der Waals surface area contributed by atoms with Gasteiger partial charge in [0.05, 0.1) is 19.8 Å². The lowest BCUT2D eigenvalue weighted by molar-refractivity contribution is -0.115. The lowest BCUT2D eigenvalue weighted by atomic mass is 10.1. The summed E-state index contributed by atoms with van der Waals surface area (Å²) in [6.07, 6.45) is 0. The van der Waals surface area contributed by atoms with E-state index in [9.17, 15) is 9.59 Å². The molecular weight excluding hydrogens is 366 g/mol. The fourth-order valence-corrected chi connectivity index (χ4v) is 3.04. The van der Waals surface area contributed by atoms with Gasteiger partial charge in [0.2, 0.25) is 5.91 Å². The maximum atomic E-state index is 12.5. The molecule has 7 heteroatoms. The van der Waals surface area contributed by atoms with Gasteiger partial charge in [-0.05, 0) is 29.8 Å². The van der Waals surface area contributed by atoms with Crippen LogP contribution < -0.4 is 10.6 Å². The maximum absolute atomic E-state index is 12.5. The van der Waals surface area contributed by atoms with Gasteiger partial charge in [0.15, 0.2) is 0 Å². The number of hydrogen-bond acceptors (Lipinski definition) is 4. The second-order valence-corrected chi connectivity index (χ2v) is 6.64. The Bertz CT molecular complexity index is 807. The molecule has 1 saturated heterocycles. The van der Waals surface area contributed by atoms with Crippen molar-refractivity contribution in [1.29, 1.82) is 0 Å². The topological polar surface area (TPSA) is 70.7 Å².